The predicted molar refractivity (Wildman–Crippen MR) is 55.0 cm³/mol. The first kappa shape index (κ1) is 12.0. The molecule has 0 aromatic rings. The van der Waals surface area contributed by atoms with Crippen LogP contribution in [0.25, 0.3) is 0 Å². The fraction of sp³-hybridized carbons (Fsp3) is 0.800. The van der Waals surface area contributed by atoms with E-state index in [1.165, 1.54) is 0 Å². The maximum absolute atomic E-state index is 11.2. The van der Waals surface area contributed by atoms with Crippen LogP contribution >= 0.6 is 0 Å². The van der Waals surface area contributed by atoms with Gasteiger partial charge in [-0.3, -0.25) is 9.59 Å². The lowest BCUT2D eigenvalue weighted by atomic mass is 10.2. The highest BCUT2D eigenvalue weighted by molar-refractivity contribution is 5.74. The molecule has 1 saturated heterocycles. The molecule has 0 bridgehead atoms. The van der Waals surface area contributed by atoms with E-state index in [0.717, 1.165) is 19.4 Å². The molecule has 0 spiro atoms. The van der Waals surface area contributed by atoms with Gasteiger partial charge in [-0.2, -0.15) is 0 Å². The number of hydrogen-bond acceptors (Lipinski definition) is 3. The molecule has 1 heterocycles. The van der Waals surface area contributed by atoms with Crippen LogP contribution in [0, 0.1) is 0 Å². The zero-order valence-corrected chi connectivity index (χ0v) is 9.07. The molecule has 1 aliphatic heterocycles. The Kier molecular flexibility index (Phi) is 4.55. The smallest absolute Gasteiger partial charge is 0.219 e. The predicted octanol–water partition coefficient (Wildman–Crippen LogP) is -0.111. The molecule has 0 saturated carbocycles. The van der Waals surface area contributed by atoms with Crippen LogP contribution in [0.4, 0.5) is 0 Å². The Morgan fingerprint density at radius 1 is 1.53 bits per heavy atom. The lowest BCUT2D eigenvalue weighted by molar-refractivity contribution is -0.131. The van der Waals surface area contributed by atoms with E-state index < -0.39 is 0 Å². The van der Waals surface area contributed by atoms with Crippen molar-refractivity contribution in [2.24, 2.45) is 5.73 Å². The van der Waals surface area contributed by atoms with E-state index in [-0.39, 0.29) is 24.3 Å². The third kappa shape index (κ3) is 3.87. The number of rotatable bonds is 5. The molecule has 5 heteroatoms. The third-order valence-electron chi connectivity index (χ3n) is 2.58. The number of carbonyl (C=O) groups excluding carboxylic acids is 2. The molecule has 15 heavy (non-hydrogen) atoms. The standard InChI is InChI=1S/C10H18N2O3/c1-8(13)12-5-2-3-9(12)7-15-6-4-10(11)14/h9H,2-7H2,1H3,(H2,11,14). The summed E-state index contributed by atoms with van der Waals surface area (Å²) >= 11 is 0. The number of carbonyl (C=O) groups is 2. The largest absolute Gasteiger partial charge is 0.379 e. The minimum Gasteiger partial charge on any atom is -0.379 e. The molecular weight excluding hydrogens is 196 g/mol. The summed E-state index contributed by atoms with van der Waals surface area (Å²) in [5, 5.41) is 0. The SMILES string of the molecule is CC(=O)N1CCCC1COCCC(N)=O. The molecule has 1 fully saturated rings. The fourth-order valence-electron chi connectivity index (χ4n) is 1.82. The Labute approximate surface area is 89.6 Å². The van der Waals surface area contributed by atoms with Gasteiger partial charge in [-0.25, -0.2) is 0 Å². The van der Waals surface area contributed by atoms with E-state index in [9.17, 15) is 9.59 Å². The van der Waals surface area contributed by atoms with Crippen molar-refractivity contribution in [3.05, 3.63) is 0 Å². The Morgan fingerprint density at radius 2 is 2.27 bits per heavy atom. The van der Waals surface area contributed by atoms with Crippen LogP contribution in [0.2, 0.25) is 0 Å². The average molecular weight is 214 g/mol. The van der Waals surface area contributed by atoms with E-state index in [2.05, 4.69) is 0 Å². The number of likely N-dealkylation sites (tertiary alicyclic amines) is 1. The van der Waals surface area contributed by atoms with E-state index in [4.69, 9.17) is 10.5 Å². The van der Waals surface area contributed by atoms with Crippen LogP contribution in [-0.4, -0.2) is 42.5 Å². The van der Waals surface area contributed by atoms with Gasteiger partial charge in [0.2, 0.25) is 11.8 Å². The zero-order valence-electron chi connectivity index (χ0n) is 9.07. The van der Waals surface area contributed by atoms with Crippen LogP contribution in [0.1, 0.15) is 26.2 Å². The fourth-order valence-corrected chi connectivity index (χ4v) is 1.82. The molecule has 1 atom stereocenters. The minimum absolute atomic E-state index is 0.0935. The molecule has 1 aliphatic rings. The van der Waals surface area contributed by atoms with Gasteiger partial charge >= 0.3 is 0 Å². The summed E-state index contributed by atoms with van der Waals surface area (Å²) in [6.07, 6.45) is 2.26. The molecule has 0 aliphatic carbocycles. The second kappa shape index (κ2) is 5.70. The van der Waals surface area contributed by atoms with Crippen LogP contribution in [0.5, 0.6) is 0 Å². The molecule has 1 unspecified atom stereocenters. The van der Waals surface area contributed by atoms with Crippen molar-refractivity contribution in [3.8, 4) is 0 Å². The normalized spacial score (nSPS) is 20.6. The Hall–Kier alpha value is -1.10. The minimum atomic E-state index is -0.357. The first-order chi connectivity index (χ1) is 7.11. The zero-order chi connectivity index (χ0) is 11.3. The molecule has 1 rings (SSSR count). The van der Waals surface area contributed by atoms with Crippen LogP contribution < -0.4 is 5.73 Å². The lowest BCUT2D eigenvalue weighted by Gasteiger charge is -2.22. The topological polar surface area (TPSA) is 72.6 Å². The molecule has 5 nitrogen and oxygen atoms in total. The van der Waals surface area contributed by atoms with Crippen LogP contribution in [0.15, 0.2) is 0 Å². The van der Waals surface area contributed by atoms with Gasteiger partial charge in [0.25, 0.3) is 0 Å². The molecule has 0 radical (unpaired) electrons. The number of primary amides is 1. The van der Waals surface area contributed by atoms with Gasteiger partial charge in [-0.05, 0) is 12.8 Å². The quantitative estimate of drug-likeness (QED) is 0.649. The lowest BCUT2D eigenvalue weighted by Crippen LogP contribution is -2.36. The number of hydrogen-bond donors (Lipinski definition) is 1. The van der Waals surface area contributed by atoms with Crippen molar-refractivity contribution in [1.82, 2.24) is 4.90 Å². The Balaban J connectivity index is 2.20. The molecule has 2 amide bonds. The van der Waals surface area contributed by atoms with Crippen molar-refractivity contribution in [3.63, 3.8) is 0 Å². The van der Waals surface area contributed by atoms with Crippen molar-refractivity contribution < 1.29 is 14.3 Å². The molecule has 86 valence electrons. The second-order valence-electron chi connectivity index (χ2n) is 3.80. The van der Waals surface area contributed by atoms with Gasteiger partial charge in [0.15, 0.2) is 0 Å². The monoisotopic (exact) mass is 214 g/mol. The highest BCUT2D eigenvalue weighted by Gasteiger charge is 2.26. The van der Waals surface area contributed by atoms with Gasteiger partial charge in [0, 0.05) is 19.9 Å². The first-order valence-electron chi connectivity index (χ1n) is 5.24. The van der Waals surface area contributed by atoms with Crippen LogP contribution in [-0.2, 0) is 14.3 Å². The van der Waals surface area contributed by atoms with Gasteiger partial charge in [0.1, 0.15) is 0 Å². The Bertz CT molecular complexity index is 243. The number of ether oxygens (including phenoxy) is 1. The summed E-state index contributed by atoms with van der Waals surface area (Å²) in [5.41, 5.74) is 4.98. The van der Waals surface area contributed by atoms with Crippen molar-refractivity contribution in [2.75, 3.05) is 19.8 Å². The molecule has 0 aromatic heterocycles. The van der Waals surface area contributed by atoms with Gasteiger partial charge in [-0.15, -0.1) is 0 Å². The first-order valence-corrected chi connectivity index (χ1v) is 5.24. The molecule has 0 aromatic carbocycles. The number of amides is 2. The summed E-state index contributed by atoms with van der Waals surface area (Å²) in [5.74, 6) is -0.263. The highest BCUT2D eigenvalue weighted by atomic mass is 16.5. The summed E-state index contributed by atoms with van der Waals surface area (Å²) in [6, 6.07) is 0.176. The molecular formula is C10H18N2O3. The summed E-state index contributed by atoms with van der Waals surface area (Å²) in [4.78, 5) is 23.5. The van der Waals surface area contributed by atoms with Crippen LogP contribution in [0.3, 0.4) is 0 Å². The summed E-state index contributed by atoms with van der Waals surface area (Å²) in [7, 11) is 0. The number of nitrogens with two attached hydrogens (primary N) is 1. The summed E-state index contributed by atoms with van der Waals surface area (Å²) in [6.45, 7) is 3.24. The maximum Gasteiger partial charge on any atom is 0.219 e. The van der Waals surface area contributed by atoms with E-state index in [0.29, 0.717) is 13.2 Å². The highest BCUT2D eigenvalue weighted by Crippen LogP contribution is 2.17. The van der Waals surface area contributed by atoms with Crippen molar-refractivity contribution in [1.29, 1.82) is 0 Å². The van der Waals surface area contributed by atoms with Gasteiger partial charge in [-0.1, -0.05) is 0 Å². The Morgan fingerprint density at radius 3 is 2.87 bits per heavy atom. The van der Waals surface area contributed by atoms with E-state index in [1.54, 1.807) is 6.92 Å². The second-order valence-corrected chi connectivity index (χ2v) is 3.80. The number of nitrogens with zero attached hydrogens (tertiary/aromatic N) is 1. The van der Waals surface area contributed by atoms with E-state index >= 15 is 0 Å². The third-order valence-corrected chi connectivity index (χ3v) is 2.58. The molecule has 2 N–H and O–H groups in total. The summed E-state index contributed by atoms with van der Waals surface area (Å²) < 4.78 is 5.31. The van der Waals surface area contributed by atoms with Gasteiger partial charge in [0.05, 0.1) is 19.3 Å². The van der Waals surface area contributed by atoms with Gasteiger partial charge < -0.3 is 15.4 Å². The van der Waals surface area contributed by atoms with E-state index in [1.807, 2.05) is 4.90 Å². The average Bonchev–Trinajstić information content (AvgIpc) is 2.60. The van der Waals surface area contributed by atoms with Crippen molar-refractivity contribution in [2.45, 2.75) is 32.2 Å². The van der Waals surface area contributed by atoms with Crippen molar-refractivity contribution >= 4 is 11.8 Å². The maximum atomic E-state index is 11.2.